The molecule has 2 aromatic carbocycles. The van der Waals surface area contributed by atoms with Gasteiger partial charge in [-0.05, 0) is 18.2 Å². The highest BCUT2D eigenvalue weighted by molar-refractivity contribution is 7.07. The van der Waals surface area contributed by atoms with Crippen LogP contribution in [0, 0.1) is 0 Å². The first-order chi connectivity index (χ1) is 13.1. The molecule has 0 aliphatic heterocycles. The van der Waals surface area contributed by atoms with Gasteiger partial charge in [-0.2, -0.15) is 9.36 Å². The molecule has 0 amide bonds. The number of rotatable bonds is 6. The minimum atomic E-state index is -0.540. The zero-order valence-corrected chi connectivity index (χ0v) is 16.1. The Hall–Kier alpha value is -2.90. The van der Waals surface area contributed by atoms with Gasteiger partial charge in [0.25, 0.3) is 5.19 Å². The molecule has 8 heteroatoms. The lowest BCUT2D eigenvalue weighted by molar-refractivity contribution is -0.133. The Labute approximate surface area is 165 Å². The number of carbonyl (C=O) groups excluding carboxylic acids is 1. The summed E-state index contributed by atoms with van der Waals surface area (Å²) in [5.74, 6) is 0.355. The van der Waals surface area contributed by atoms with Crippen molar-refractivity contribution in [2.24, 2.45) is 0 Å². The third-order valence-electron chi connectivity index (χ3n) is 3.54. The van der Waals surface area contributed by atoms with Crippen LogP contribution in [0.5, 0.6) is 10.9 Å². The van der Waals surface area contributed by atoms with Gasteiger partial charge in [-0.15, -0.1) is 0 Å². The number of aromatic nitrogens is 2. The van der Waals surface area contributed by atoms with E-state index in [9.17, 15) is 4.79 Å². The molecule has 6 nitrogen and oxygen atoms in total. The maximum absolute atomic E-state index is 12.1. The molecule has 0 aliphatic carbocycles. The first-order valence-electron chi connectivity index (χ1n) is 7.81. The van der Waals surface area contributed by atoms with E-state index in [1.54, 1.807) is 30.3 Å². The van der Waals surface area contributed by atoms with Crippen molar-refractivity contribution >= 4 is 34.7 Å². The normalized spacial score (nSPS) is 11.1. The lowest BCUT2D eigenvalue weighted by Crippen LogP contribution is -2.05. The molecule has 0 unspecified atom stereocenters. The molecule has 0 saturated heterocycles. The molecule has 0 bridgehead atoms. The number of halogens is 1. The summed E-state index contributed by atoms with van der Waals surface area (Å²) < 4.78 is 20.0. The zero-order chi connectivity index (χ0) is 19.2. The van der Waals surface area contributed by atoms with Crippen LogP contribution in [0.25, 0.3) is 17.0 Å². The van der Waals surface area contributed by atoms with Gasteiger partial charge in [0, 0.05) is 22.7 Å². The van der Waals surface area contributed by atoms with Gasteiger partial charge in [0.15, 0.2) is 5.82 Å². The van der Waals surface area contributed by atoms with E-state index in [2.05, 4.69) is 9.36 Å². The van der Waals surface area contributed by atoms with Crippen LogP contribution in [0.15, 0.2) is 54.8 Å². The van der Waals surface area contributed by atoms with Crippen molar-refractivity contribution in [3.63, 3.8) is 0 Å². The molecule has 138 valence electrons. The molecule has 1 heterocycles. The van der Waals surface area contributed by atoms with Gasteiger partial charge in [0.05, 0.1) is 25.5 Å². The summed E-state index contributed by atoms with van der Waals surface area (Å²) in [4.78, 5) is 16.4. The van der Waals surface area contributed by atoms with Gasteiger partial charge < -0.3 is 14.2 Å². The second-order valence-electron chi connectivity index (χ2n) is 5.22. The van der Waals surface area contributed by atoms with E-state index >= 15 is 0 Å². The highest BCUT2D eigenvalue weighted by Crippen LogP contribution is 2.34. The molecule has 27 heavy (non-hydrogen) atoms. The second kappa shape index (κ2) is 8.66. The number of esters is 1. The fraction of sp³-hybridized carbons (Fsp3) is 0.105. The van der Waals surface area contributed by atoms with Crippen LogP contribution in [0.4, 0.5) is 0 Å². The largest absolute Gasteiger partial charge is 0.503 e. The predicted octanol–water partition coefficient (Wildman–Crippen LogP) is 4.81. The van der Waals surface area contributed by atoms with Gasteiger partial charge in [-0.25, -0.2) is 4.79 Å². The van der Waals surface area contributed by atoms with Crippen LogP contribution in [0.3, 0.4) is 0 Å². The van der Waals surface area contributed by atoms with Crippen LogP contribution < -0.4 is 4.74 Å². The standard InChI is InChI=1S/C19H15ClN2O4S/c1-24-11-14(18(23)25-2)12-7-4-6-10-16(12)26-19-21-17(22-27-19)13-8-3-5-9-15(13)20/h3-11H,1-2H3. The van der Waals surface area contributed by atoms with E-state index in [1.807, 2.05) is 18.2 Å². The van der Waals surface area contributed by atoms with E-state index in [1.165, 1.54) is 20.5 Å². The van der Waals surface area contributed by atoms with E-state index in [0.29, 0.717) is 32.9 Å². The van der Waals surface area contributed by atoms with E-state index in [-0.39, 0.29) is 5.57 Å². The predicted molar refractivity (Wildman–Crippen MR) is 104 cm³/mol. The topological polar surface area (TPSA) is 70.5 Å². The fourth-order valence-electron chi connectivity index (χ4n) is 2.32. The van der Waals surface area contributed by atoms with Crippen LogP contribution in [0.2, 0.25) is 5.02 Å². The minimum Gasteiger partial charge on any atom is -0.503 e. The van der Waals surface area contributed by atoms with Gasteiger partial charge in [0.2, 0.25) is 0 Å². The molecular formula is C19H15ClN2O4S. The SMILES string of the molecule is COC=C(C(=O)OC)c1ccccc1Oc1nc(-c2ccccc2Cl)ns1. The minimum absolute atomic E-state index is 0.228. The molecule has 3 aromatic rings. The average Bonchev–Trinajstić information content (AvgIpc) is 3.15. The third-order valence-corrected chi connectivity index (χ3v) is 4.46. The van der Waals surface area contributed by atoms with Gasteiger partial charge in [-0.1, -0.05) is 41.9 Å². The van der Waals surface area contributed by atoms with E-state index in [4.69, 9.17) is 25.8 Å². The zero-order valence-electron chi connectivity index (χ0n) is 14.5. The molecular weight excluding hydrogens is 388 g/mol. The quantitative estimate of drug-likeness (QED) is 0.334. The summed E-state index contributed by atoms with van der Waals surface area (Å²) in [6.45, 7) is 0. The first kappa shape index (κ1) is 18.9. The van der Waals surface area contributed by atoms with Crippen LogP contribution in [-0.4, -0.2) is 29.5 Å². The van der Waals surface area contributed by atoms with Crippen molar-refractivity contribution < 1.29 is 19.0 Å². The Morgan fingerprint density at radius 1 is 1.11 bits per heavy atom. The summed E-state index contributed by atoms with van der Waals surface area (Å²) in [6, 6.07) is 14.3. The Balaban J connectivity index is 1.93. The molecule has 3 rings (SSSR count). The summed E-state index contributed by atoms with van der Waals surface area (Å²) >= 11 is 7.28. The van der Waals surface area contributed by atoms with Crippen LogP contribution in [0.1, 0.15) is 5.56 Å². The van der Waals surface area contributed by atoms with Gasteiger partial charge in [-0.3, -0.25) is 0 Å². The summed E-state index contributed by atoms with van der Waals surface area (Å²) in [5.41, 5.74) is 1.46. The Bertz CT molecular complexity index is 987. The van der Waals surface area contributed by atoms with Crippen molar-refractivity contribution in [1.29, 1.82) is 0 Å². The number of hydrogen-bond donors (Lipinski definition) is 0. The van der Waals surface area contributed by atoms with Gasteiger partial charge in [0.1, 0.15) is 11.3 Å². The highest BCUT2D eigenvalue weighted by Gasteiger charge is 2.19. The van der Waals surface area contributed by atoms with Crippen LogP contribution >= 0.6 is 23.1 Å². The summed E-state index contributed by atoms with van der Waals surface area (Å²) in [5, 5.41) is 0.872. The van der Waals surface area contributed by atoms with E-state index in [0.717, 1.165) is 11.5 Å². The van der Waals surface area contributed by atoms with Crippen molar-refractivity contribution in [1.82, 2.24) is 9.36 Å². The number of ether oxygens (including phenoxy) is 3. The summed E-state index contributed by atoms with van der Waals surface area (Å²) in [6.07, 6.45) is 1.31. The summed E-state index contributed by atoms with van der Waals surface area (Å²) in [7, 11) is 2.75. The second-order valence-corrected chi connectivity index (χ2v) is 6.34. The first-order valence-corrected chi connectivity index (χ1v) is 8.96. The maximum Gasteiger partial charge on any atom is 0.341 e. The number of carbonyl (C=O) groups is 1. The maximum atomic E-state index is 12.1. The molecule has 0 aliphatic rings. The van der Waals surface area contributed by atoms with Crippen molar-refractivity contribution in [2.75, 3.05) is 14.2 Å². The highest BCUT2D eigenvalue weighted by atomic mass is 35.5. The molecule has 0 fully saturated rings. The fourth-order valence-corrected chi connectivity index (χ4v) is 3.10. The molecule has 0 atom stereocenters. The Kier molecular flexibility index (Phi) is 6.05. The molecule has 0 saturated carbocycles. The number of benzene rings is 2. The number of methoxy groups -OCH3 is 2. The Morgan fingerprint density at radius 2 is 1.85 bits per heavy atom. The number of nitrogens with zero attached hydrogens (tertiary/aromatic N) is 2. The number of para-hydroxylation sites is 1. The molecule has 1 aromatic heterocycles. The van der Waals surface area contributed by atoms with Crippen LogP contribution in [-0.2, 0) is 14.3 Å². The number of hydrogen-bond acceptors (Lipinski definition) is 7. The van der Waals surface area contributed by atoms with Gasteiger partial charge >= 0.3 is 5.97 Å². The molecule has 0 radical (unpaired) electrons. The smallest absolute Gasteiger partial charge is 0.341 e. The third kappa shape index (κ3) is 4.27. The van der Waals surface area contributed by atoms with E-state index < -0.39 is 5.97 Å². The molecule has 0 N–H and O–H groups in total. The van der Waals surface area contributed by atoms with Crippen molar-refractivity contribution in [3.05, 3.63) is 65.4 Å². The van der Waals surface area contributed by atoms with Crippen molar-refractivity contribution in [2.45, 2.75) is 0 Å². The lowest BCUT2D eigenvalue weighted by Gasteiger charge is -2.10. The van der Waals surface area contributed by atoms with Crippen molar-refractivity contribution in [3.8, 4) is 22.3 Å². The Morgan fingerprint density at radius 3 is 2.59 bits per heavy atom. The average molecular weight is 403 g/mol. The lowest BCUT2D eigenvalue weighted by atomic mass is 10.1. The molecule has 0 spiro atoms. The monoisotopic (exact) mass is 402 g/mol.